The Bertz CT molecular complexity index is 397. The predicted octanol–water partition coefficient (Wildman–Crippen LogP) is 1.75. The number of nitrogens with one attached hydrogen (secondary N) is 1. The summed E-state index contributed by atoms with van der Waals surface area (Å²) >= 11 is 0. The van der Waals surface area contributed by atoms with E-state index in [1.165, 1.54) is 0 Å². The van der Waals surface area contributed by atoms with Crippen LogP contribution in [-0.4, -0.2) is 23.1 Å². The van der Waals surface area contributed by atoms with E-state index in [1.54, 1.807) is 23.2 Å². The molecule has 1 aromatic heterocycles. The number of hydrogen-bond acceptors (Lipinski definition) is 3. The van der Waals surface area contributed by atoms with E-state index in [2.05, 4.69) is 10.3 Å². The van der Waals surface area contributed by atoms with Gasteiger partial charge >= 0.3 is 6.03 Å². The standard InChI is InChI=1S/C12H18N4O/c1-8(2)16(12(17)15-10-4-5-10)11-6-3-9(13)7-14-11/h3,6-8,10H,4-5,13H2,1-2H3,(H,15,17). The van der Waals surface area contributed by atoms with Crippen LogP contribution in [0.2, 0.25) is 0 Å². The maximum Gasteiger partial charge on any atom is 0.323 e. The maximum atomic E-state index is 12.1. The Morgan fingerprint density at radius 2 is 2.24 bits per heavy atom. The van der Waals surface area contributed by atoms with Gasteiger partial charge in [0.2, 0.25) is 0 Å². The average molecular weight is 234 g/mol. The topological polar surface area (TPSA) is 71.2 Å². The molecular weight excluding hydrogens is 216 g/mol. The molecule has 1 fully saturated rings. The van der Waals surface area contributed by atoms with Crippen LogP contribution < -0.4 is 16.0 Å². The molecule has 1 aliphatic rings. The second-order valence-electron chi connectivity index (χ2n) is 4.64. The summed E-state index contributed by atoms with van der Waals surface area (Å²) < 4.78 is 0. The van der Waals surface area contributed by atoms with Gasteiger partial charge in [-0.2, -0.15) is 0 Å². The third kappa shape index (κ3) is 2.87. The van der Waals surface area contributed by atoms with Crippen LogP contribution in [-0.2, 0) is 0 Å². The molecule has 0 radical (unpaired) electrons. The van der Waals surface area contributed by atoms with Gasteiger partial charge in [0.1, 0.15) is 5.82 Å². The van der Waals surface area contributed by atoms with E-state index in [4.69, 9.17) is 5.73 Å². The van der Waals surface area contributed by atoms with E-state index in [9.17, 15) is 4.79 Å². The summed E-state index contributed by atoms with van der Waals surface area (Å²) in [7, 11) is 0. The summed E-state index contributed by atoms with van der Waals surface area (Å²) in [6.07, 6.45) is 3.72. The number of carbonyl (C=O) groups is 1. The molecule has 0 unspecified atom stereocenters. The molecule has 5 heteroatoms. The molecule has 1 heterocycles. The lowest BCUT2D eigenvalue weighted by molar-refractivity contribution is 0.244. The van der Waals surface area contributed by atoms with Crippen LogP contribution in [0.1, 0.15) is 26.7 Å². The molecule has 0 saturated heterocycles. The highest BCUT2D eigenvalue weighted by Gasteiger charge is 2.28. The smallest absolute Gasteiger partial charge is 0.323 e. The van der Waals surface area contributed by atoms with Gasteiger partial charge in [0.15, 0.2) is 0 Å². The number of pyridine rings is 1. The molecule has 0 bridgehead atoms. The van der Waals surface area contributed by atoms with Gasteiger partial charge in [-0.05, 0) is 38.8 Å². The van der Waals surface area contributed by atoms with Crippen LogP contribution in [0.5, 0.6) is 0 Å². The molecule has 3 N–H and O–H groups in total. The lowest BCUT2D eigenvalue weighted by atomic mass is 10.3. The highest BCUT2D eigenvalue weighted by atomic mass is 16.2. The van der Waals surface area contributed by atoms with Crippen molar-refractivity contribution >= 4 is 17.5 Å². The molecule has 1 aromatic rings. The number of anilines is 2. The van der Waals surface area contributed by atoms with Crippen LogP contribution in [0.3, 0.4) is 0 Å². The Morgan fingerprint density at radius 3 is 2.71 bits per heavy atom. The molecule has 2 amide bonds. The van der Waals surface area contributed by atoms with Gasteiger partial charge in [0.25, 0.3) is 0 Å². The van der Waals surface area contributed by atoms with E-state index < -0.39 is 0 Å². The predicted molar refractivity (Wildman–Crippen MR) is 67.8 cm³/mol. The summed E-state index contributed by atoms with van der Waals surface area (Å²) in [5, 5.41) is 2.96. The molecule has 5 nitrogen and oxygen atoms in total. The minimum Gasteiger partial charge on any atom is -0.397 e. The van der Waals surface area contributed by atoms with Gasteiger partial charge in [0, 0.05) is 12.1 Å². The number of carbonyl (C=O) groups excluding carboxylic acids is 1. The Morgan fingerprint density at radius 1 is 1.53 bits per heavy atom. The van der Waals surface area contributed by atoms with Gasteiger partial charge in [-0.25, -0.2) is 9.78 Å². The van der Waals surface area contributed by atoms with Crippen molar-refractivity contribution in [3.8, 4) is 0 Å². The SMILES string of the molecule is CC(C)N(C(=O)NC1CC1)c1ccc(N)cn1. The average Bonchev–Trinajstić information content (AvgIpc) is 3.04. The van der Waals surface area contributed by atoms with Gasteiger partial charge in [0.05, 0.1) is 11.9 Å². The molecule has 0 aromatic carbocycles. The second-order valence-corrected chi connectivity index (χ2v) is 4.64. The van der Waals surface area contributed by atoms with Crippen LogP contribution in [0, 0.1) is 0 Å². The Hall–Kier alpha value is -1.78. The molecule has 1 aliphatic carbocycles. The van der Waals surface area contributed by atoms with Crippen molar-refractivity contribution in [1.29, 1.82) is 0 Å². The Balaban J connectivity index is 2.15. The number of aromatic nitrogens is 1. The molecule has 0 spiro atoms. The third-order valence-corrected chi connectivity index (χ3v) is 2.66. The molecule has 92 valence electrons. The van der Waals surface area contributed by atoms with Crippen molar-refractivity contribution < 1.29 is 4.79 Å². The lowest BCUT2D eigenvalue weighted by Gasteiger charge is -2.26. The Labute approximate surface area is 101 Å². The van der Waals surface area contributed by atoms with E-state index >= 15 is 0 Å². The number of nitrogens with two attached hydrogens (primary N) is 1. The first-order chi connectivity index (χ1) is 8.08. The molecule has 0 atom stereocenters. The number of nitrogens with zero attached hydrogens (tertiary/aromatic N) is 2. The summed E-state index contributed by atoms with van der Waals surface area (Å²) in [6, 6.07) is 3.84. The van der Waals surface area contributed by atoms with Gasteiger partial charge < -0.3 is 11.1 Å². The van der Waals surface area contributed by atoms with Crippen LogP contribution >= 0.6 is 0 Å². The Kier molecular flexibility index (Phi) is 3.17. The highest BCUT2D eigenvalue weighted by molar-refractivity contribution is 5.91. The zero-order chi connectivity index (χ0) is 12.4. The normalized spacial score (nSPS) is 14.8. The van der Waals surface area contributed by atoms with E-state index in [1.807, 2.05) is 13.8 Å². The first kappa shape index (κ1) is 11.7. The van der Waals surface area contributed by atoms with E-state index in [0.29, 0.717) is 17.5 Å². The van der Waals surface area contributed by atoms with Gasteiger partial charge in [-0.15, -0.1) is 0 Å². The minimum atomic E-state index is -0.0835. The maximum absolute atomic E-state index is 12.1. The zero-order valence-corrected chi connectivity index (χ0v) is 10.2. The number of rotatable bonds is 3. The van der Waals surface area contributed by atoms with Crippen LogP contribution in [0.4, 0.5) is 16.3 Å². The monoisotopic (exact) mass is 234 g/mol. The fraction of sp³-hybridized carbons (Fsp3) is 0.500. The number of hydrogen-bond donors (Lipinski definition) is 2. The summed E-state index contributed by atoms with van der Waals surface area (Å²) in [4.78, 5) is 17.9. The lowest BCUT2D eigenvalue weighted by Crippen LogP contribution is -2.45. The molecule has 0 aliphatic heterocycles. The summed E-state index contributed by atoms with van der Waals surface area (Å²) in [6.45, 7) is 3.93. The van der Waals surface area contributed by atoms with Crippen molar-refractivity contribution in [2.75, 3.05) is 10.6 Å². The molecular formula is C12H18N4O. The number of amides is 2. The fourth-order valence-corrected chi connectivity index (χ4v) is 1.61. The van der Waals surface area contributed by atoms with E-state index in [-0.39, 0.29) is 12.1 Å². The zero-order valence-electron chi connectivity index (χ0n) is 10.2. The first-order valence-electron chi connectivity index (χ1n) is 5.89. The molecule has 17 heavy (non-hydrogen) atoms. The largest absolute Gasteiger partial charge is 0.397 e. The summed E-state index contributed by atoms with van der Waals surface area (Å²) in [5.41, 5.74) is 6.19. The van der Waals surface area contributed by atoms with Crippen molar-refractivity contribution in [2.45, 2.75) is 38.8 Å². The van der Waals surface area contributed by atoms with Crippen molar-refractivity contribution in [1.82, 2.24) is 10.3 Å². The van der Waals surface area contributed by atoms with Crippen molar-refractivity contribution in [3.63, 3.8) is 0 Å². The van der Waals surface area contributed by atoms with Crippen LogP contribution in [0.15, 0.2) is 18.3 Å². The molecule has 1 saturated carbocycles. The number of nitrogen functional groups attached to an aromatic ring is 1. The molecule has 2 rings (SSSR count). The summed E-state index contributed by atoms with van der Waals surface area (Å²) in [5.74, 6) is 0.632. The fourth-order valence-electron chi connectivity index (χ4n) is 1.61. The van der Waals surface area contributed by atoms with E-state index in [0.717, 1.165) is 12.8 Å². The van der Waals surface area contributed by atoms with Crippen molar-refractivity contribution in [2.24, 2.45) is 0 Å². The van der Waals surface area contributed by atoms with Gasteiger partial charge in [-0.3, -0.25) is 4.90 Å². The first-order valence-corrected chi connectivity index (χ1v) is 5.89. The second kappa shape index (κ2) is 4.61. The minimum absolute atomic E-state index is 0.0601. The van der Waals surface area contributed by atoms with Gasteiger partial charge in [-0.1, -0.05) is 0 Å². The third-order valence-electron chi connectivity index (χ3n) is 2.66. The highest BCUT2D eigenvalue weighted by Crippen LogP contribution is 2.21. The van der Waals surface area contributed by atoms with Crippen LogP contribution in [0.25, 0.3) is 0 Å². The quantitative estimate of drug-likeness (QED) is 0.837. The number of urea groups is 1. The van der Waals surface area contributed by atoms with Crippen molar-refractivity contribution in [3.05, 3.63) is 18.3 Å².